The highest BCUT2D eigenvalue weighted by atomic mass is 79.9. The number of anilines is 1. The van der Waals surface area contributed by atoms with E-state index in [4.69, 9.17) is 0 Å². The fourth-order valence-corrected chi connectivity index (χ4v) is 2.42. The van der Waals surface area contributed by atoms with Crippen LogP contribution in [-0.4, -0.2) is 15.9 Å². The number of H-pyrrole nitrogens is 1. The summed E-state index contributed by atoms with van der Waals surface area (Å²) in [5.41, 5.74) is 3.57. The average Bonchev–Trinajstić information content (AvgIpc) is 2.89. The van der Waals surface area contributed by atoms with Gasteiger partial charge < -0.3 is 10.3 Å². The summed E-state index contributed by atoms with van der Waals surface area (Å²) in [6, 6.07) is 13.3. The molecule has 2 aromatic carbocycles. The van der Waals surface area contributed by atoms with Crippen LogP contribution in [0.4, 0.5) is 5.69 Å². The fourth-order valence-electron chi connectivity index (χ4n) is 2.04. The van der Waals surface area contributed by atoms with Gasteiger partial charge in [0.15, 0.2) is 0 Å². The molecule has 0 aliphatic heterocycles. The summed E-state index contributed by atoms with van der Waals surface area (Å²) in [5.74, 6) is -0.0456. The summed E-state index contributed by atoms with van der Waals surface area (Å²) in [6.45, 7) is 0. The van der Waals surface area contributed by atoms with Gasteiger partial charge in [0.25, 0.3) is 0 Å². The minimum absolute atomic E-state index is 0.0456. The summed E-state index contributed by atoms with van der Waals surface area (Å²) >= 11 is 3.41. The molecular formula is C15H12BrN3O. The predicted molar refractivity (Wildman–Crippen MR) is 82.6 cm³/mol. The Morgan fingerprint density at radius 3 is 2.95 bits per heavy atom. The molecular weight excluding hydrogens is 318 g/mol. The van der Waals surface area contributed by atoms with Crippen LogP contribution in [0.3, 0.4) is 0 Å². The van der Waals surface area contributed by atoms with Gasteiger partial charge in [-0.2, -0.15) is 0 Å². The minimum Gasteiger partial charge on any atom is -0.345 e. The number of benzene rings is 2. The second kappa shape index (κ2) is 5.46. The first-order valence-corrected chi connectivity index (χ1v) is 6.98. The maximum atomic E-state index is 12.1. The lowest BCUT2D eigenvalue weighted by Crippen LogP contribution is -2.14. The third kappa shape index (κ3) is 2.72. The lowest BCUT2D eigenvalue weighted by molar-refractivity contribution is -0.115. The molecule has 5 heteroatoms. The number of hydrogen-bond donors (Lipinski definition) is 2. The Morgan fingerprint density at radius 1 is 1.25 bits per heavy atom. The highest BCUT2D eigenvalue weighted by Crippen LogP contribution is 2.21. The summed E-state index contributed by atoms with van der Waals surface area (Å²) in [4.78, 5) is 19.2. The minimum atomic E-state index is -0.0456. The van der Waals surface area contributed by atoms with E-state index in [1.54, 1.807) is 6.33 Å². The zero-order valence-electron chi connectivity index (χ0n) is 10.6. The number of para-hydroxylation sites is 1. The van der Waals surface area contributed by atoms with Crippen molar-refractivity contribution in [3.63, 3.8) is 0 Å². The molecule has 0 radical (unpaired) electrons. The molecule has 0 unspecified atom stereocenters. The number of carbonyl (C=O) groups is 1. The third-order valence-corrected chi connectivity index (χ3v) is 3.69. The first-order valence-electron chi connectivity index (χ1n) is 6.19. The van der Waals surface area contributed by atoms with Gasteiger partial charge in [-0.3, -0.25) is 4.79 Å². The molecule has 1 heterocycles. The first kappa shape index (κ1) is 12.9. The number of aromatic nitrogens is 2. The topological polar surface area (TPSA) is 57.8 Å². The molecule has 0 aliphatic rings. The number of imidazole rings is 1. The number of fused-ring (bicyclic) bond motifs is 1. The van der Waals surface area contributed by atoms with Crippen molar-refractivity contribution in [3.05, 3.63) is 58.8 Å². The smallest absolute Gasteiger partial charge is 0.228 e. The van der Waals surface area contributed by atoms with Crippen LogP contribution in [0.25, 0.3) is 11.0 Å². The van der Waals surface area contributed by atoms with Crippen molar-refractivity contribution in [2.75, 3.05) is 5.32 Å². The number of halogens is 1. The van der Waals surface area contributed by atoms with Gasteiger partial charge in [-0.25, -0.2) is 4.98 Å². The van der Waals surface area contributed by atoms with Crippen LogP contribution < -0.4 is 5.32 Å². The zero-order valence-corrected chi connectivity index (χ0v) is 12.1. The van der Waals surface area contributed by atoms with Gasteiger partial charge in [0, 0.05) is 4.47 Å². The maximum Gasteiger partial charge on any atom is 0.228 e. The summed E-state index contributed by atoms with van der Waals surface area (Å²) in [7, 11) is 0. The van der Waals surface area contributed by atoms with Gasteiger partial charge in [-0.1, -0.05) is 18.2 Å². The molecule has 20 heavy (non-hydrogen) atoms. The Labute approximate surface area is 124 Å². The van der Waals surface area contributed by atoms with Crippen LogP contribution in [0.2, 0.25) is 0 Å². The van der Waals surface area contributed by atoms with Gasteiger partial charge in [0.05, 0.1) is 29.5 Å². The molecule has 100 valence electrons. The van der Waals surface area contributed by atoms with Crippen molar-refractivity contribution in [1.82, 2.24) is 9.97 Å². The van der Waals surface area contributed by atoms with Crippen molar-refractivity contribution in [2.24, 2.45) is 0 Å². The molecule has 0 fully saturated rings. The molecule has 0 saturated carbocycles. The lowest BCUT2D eigenvalue weighted by atomic mass is 10.1. The van der Waals surface area contributed by atoms with Crippen molar-refractivity contribution in [3.8, 4) is 0 Å². The Hall–Kier alpha value is -2.14. The monoisotopic (exact) mass is 329 g/mol. The summed E-state index contributed by atoms with van der Waals surface area (Å²) in [5, 5.41) is 2.89. The Balaban J connectivity index is 1.74. The SMILES string of the molecule is O=C(Cc1ccc2nc[nH]c2c1)Nc1ccccc1Br. The number of nitrogens with one attached hydrogen (secondary N) is 2. The molecule has 0 bridgehead atoms. The second-order valence-electron chi connectivity index (χ2n) is 4.46. The van der Waals surface area contributed by atoms with Gasteiger partial charge >= 0.3 is 0 Å². The van der Waals surface area contributed by atoms with E-state index in [1.165, 1.54) is 0 Å². The van der Waals surface area contributed by atoms with Gasteiger partial charge in [0.1, 0.15) is 0 Å². The van der Waals surface area contributed by atoms with E-state index >= 15 is 0 Å². The number of nitrogens with zero attached hydrogens (tertiary/aromatic N) is 1. The maximum absolute atomic E-state index is 12.1. The van der Waals surface area contributed by atoms with Gasteiger partial charge in [-0.15, -0.1) is 0 Å². The van der Waals surface area contributed by atoms with Crippen LogP contribution in [0.1, 0.15) is 5.56 Å². The summed E-state index contributed by atoms with van der Waals surface area (Å²) < 4.78 is 0.873. The van der Waals surface area contributed by atoms with Crippen LogP contribution in [0, 0.1) is 0 Å². The molecule has 0 atom stereocenters. The second-order valence-corrected chi connectivity index (χ2v) is 5.31. The number of aromatic amines is 1. The molecule has 2 N–H and O–H groups in total. The molecule has 0 spiro atoms. The van der Waals surface area contributed by atoms with Crippen molar-refractivity contribution >= 4 is 38.6 Å². The van der Waals surface area contributed by atoms with Crippen LogP contribution in [0.15, 0.2) is 53.3 Å². The number of rotatable bonds is 3. The van der Waals surface area contributed by atoms with E-state index in [-0.39, 0.29) is 5.91 Å². The van der Waals surface area contributed by atoms with Crippen LogP contribution in [-0.2, 0) is 11.2 Å². The average molecular weight is 330 g/mol. The lowest BCUT2D eigenvalue weighted by Gasteiger charge is -2.07. The van der Waals surface area contributed by atoms with Crippen molar-refractivity contribution < 1.29 is 4.79 Å². The fraction of sp³-hybridized carbons (Fsp3) is 0.0667. The highest BCUT2D eigenvalue weighted by Gasteiger charge is 2.07. The molecule has 4 nitrogen and oxygen atoms in total. The third-order valence-electron chi connectivity index (χ3n) is 3.00. The van der Waals surface area contributed by atoms with E-state index in [0.29, 0.717) is 6.42 Å². The van der Waals surface area contributed by atoms with Crippen molar-refractivity contribution in [1.29, 1.82) is 0 Å². The van der Waals surface area contributed by atoms with E-state index in [1.807, 2.05) is 42.5 Å². The first-order chi connectivity index (χ1) is 9.72. The van der Waals surface area contributed by atoms with Crippen LogP contribution >= 0.6 is 15.9 Å². The zero-order chi connectivity index (χ0) is 13.9. The van der Waals surface area contributed by atoms with E-state index < -0.39 is 0 Å². The Bertz CT molecular complexity index is 766. The van der Waals surface area contributed by atoms with Crippen molar-refractivity contribution in [2.45, 2.75) is 6.42 Å². The molecule has 1 aromatic heterocycles. The molecule has 3 rings (SSSR count). The van der Waals surface area contributed by atoms with E-state index in [0.717, 1.165) is 26.8 Å². The van der Waals surface area contributed by atoms with E-state index in [2.05, 4.69) is 31.2 Å². The summed E-state index contributed by atoms with van der Waals surface area (Å²) in [6.07, 6.45) is 1.98. The molecule has 1 amide bonds. The highest BCUT2D eigenvalue weighted by molar-refractivity contribution is 9.10. The number of hydrogen-bond acceptors (Lipinski definition) is 2. The Kier molecular flexibility index (Phi) is 3.52. The quantitative estimate of drug-likeness (QED) is 0.772. The molecule has 3 aromatic rings. The number of amides is 1. The number of carbonyl (C=O) groups excluding carboxylic acids is 1. The molecule has 0 saturated heterocycles. The van der Waals surface area contributed by atoms with Gasteiger partial charge in [-0.05, 0) is 45.8 Å². The van der Waals surface area contributed by atoms with E-state index in [9.17, 15) is 4.79 Å². The Morgan fingerprint density at radius 2 is 2.10 bits per heavy atom. The largest absolute Gasteiger partial charge is 0.345 e. The van der Waals surface area contributed by atoms with Crippen LogP contribution in [0.5, 0.6) is 0 Å². The normalized spacial score (nSPS) is 10.7. The predicted octanol–water partition coefficient (Wildman–Crippen LogP) is 3.51. The molecule has 0 aliphatic carbocycles. The van der Waals surface area contributed by atoms with Gasteiger partial charge in [0.2, 0.25) is 5.91 Å². The standard InChI is InChI=1S/C15H12BrN3O/c16-11-3-1-2-4-12(11)19-15(20)8-10-5-6-13-14(7-10)18-9-17-13/h1-7,9H,8H2,(H,17,18)(H,19,20).